The molecule has 23 heavy (non-hydrogen) atoms. The van der Waals surface area contributed by atoms with Gasteiger partial charge in [0, 0.05) is 5.92 Å². The van der Waals surface area contributed by atoms with Gasteiger partial charge in [-0.15, -0.1) is 0 Å². The maximum atomic E-state index is 11.6. The Balaban J connectivity index is 1.70. The van der Waals surface area contributed by atoms with Gasteiger partial charge in [0.05, 0.1) is 6.61 Å². The molecule has 0 bridgehead atoms. The van der Waals surface area contributed by atoms with Crippen LogP contribution in [0.25, 0.3) is 11.1 Å². The Morgan fingerprint density at radius 1 is 1.00 bits per heavy atom. The molecular formula is C18H18O5. The molecule has 5 heteroatoms. The fourth-order valence-electron chi connectivity index (χ4n) is 2.85. The number of hydrogen-bond acceptors (Lipinski definition) is 5. The average molecular weight is 314 g/mol. The van der Waals surface area contributed by atoms with E-state index < -0.39 is 18.9 Å². The van der Waals surface area contributed by atoms with Crippen LogP contribution in [0.2, 0.25) is 0 Å². The monoisotopic (exact) mass is 314 g/mol. The van der Waals surface area contributed by atoms with E-state index in [-0.39, 0.29) is 19.1 Å². The number of hydrogen-bond donors (Lipinski definition) is 2. The summed E-state index contributed by atoms with van der Waals surface area (Å²) in [6, 6.07) is 16.1. The maximum absolute atomic E-state index is 11.6. The Bertz CT molecular complexity index is 652. The van der Waals surface area contributed by atoms with Crippen LogP contribution in [0.15, 0.2) is 48.5 Å². The first-order valence-electron chi connectivity index (χ1n) is 7.47. The van der Waals surface area contributed by atoms with E-state index in [2.05, 4.69) is 12.1 Å². The molecule has 0 aromatic heterocycles. The number of rotatable bonds is 5. The highest BCUT2D eigenvalue weighted by molar-refractivity contribution is 5.78. The van der Waals surface area contributed by atoms with Crippen LogP contribution >= 0.6 is 0 Å². The van der Waals surface area contributed by atoms with Crippen molar-refractivity contribution < 1.29 is 24.5 Å². The molecule has 0 spiro atoms. The molecule has 1 aliphatic rings. The second kappa shape index (κ2) is 6.81. The number of carbonyl (C=O) groups excluding carboxylic acids is 1. The molecule has 0 radical (unpaired) electrons. The Hall–Kier alpha value is -2.37. The van der Waals surface area contributed by atoms with Gasteiger partial charge in [0.1, 0.15) is 19.3 Å². The third-order valence-electron chi connectivity index (χ3n) is 3.93. The molecule has 1 aliphatic carbocycles. The number of carbonyl (C=O) groups is 1. The third kappa shape index (κ3) is 3.21. The summed E-state index contributed by atoms with van der Waals surface area (Å²) in [7, 11) is 0. The zero-order valence-electron chi connectivity index (χ0n) is 12.5. The van der Waals surface area contributed by atoms with E-state index in [1.54, 1.807) is 0 Å². The van der Waals surface area contributed by atoms with Crippen molar-refractivity contribution >= 4 is 6.16 Å². The van der Waals surface area contributed by atoms with E-state index in [4.69, 9.17) is 19.7 Å². The van der Waals surface area contributed by atoms with Gasteiger partial charge in [-0.1, -0.05) is 48.5 Å². The number of benzene rings is 2. The van der Waals surface area contributed by atoms with Crippen LogP contribution in [-0.4, -0.2) is 42.3 Å². The number of fused-ring (bicyclic) bond motifs is 3. The van der Waals surface area contributed by atoms with Crippen molar-refractivity contribution in [3.8, 4) is 11.1 Å². The van der Waals surface area contributed by atoms with Crippen LogP contribution in [0.1, 0.15) is 17.0 Å². The third-order valence-corrected chi connectivity index (χ3v) is 3.93. The summed E-state index contributed by atoms with van der Waals surface area (Å²) in [5.41, 5.74) is 4.55. The van der Waals surface area contributed by atoms with E-state index in [1.807, 2.05) is 36.4 Å². The standard InChI is InChI=1S/C18H18O5/c19-9-12(20)10-22-18(21)23-11-17-15-7-3-1-5-13(15)14-6-2-4-8-16(14)17/h1-8,12,17,19-20H,9-11H2. The minimum atomic E-state index is -1.09. The Kier molecular flexibility index (Phi) is 4.60. The smallest absolute Gasteiger partial charge is 0.433 e. The molecular weight excluding hydrogens is 296 g/mol. The van der Waals surface area contributed by atoms with E-state index in [0.717, 1.165) is 22.3 Å². The molecule has 0 heterocycles. The molecule has 1 unspecified atom stereocenters. The molecule has 0 saturated carbocycles. The zero-order chi connectivity index (χ0) is 16.2. The molecule has 0 amide bonds. The largest absolute Gasteiger partial charge is 0.508 e. The normalized spacial score (nSPS) is 14.0. The molecule has 2 aromatic carbocycles. The van der Waals surface area contributed by atoms with Gasteiger partial charge >= 0.3 is 6.16 Å². The van der Waals surface area contributed by atoms with Gasteiger partial charge in [-0.25, -0.2) is 4.79 Å². The van der Waals surface area contributed by atoms with Crippen molar-refractivity contribution in [1.29, 1.82) is 0 Å². The van der Waals surface area contributed by atoms with Crippen LogP contribution in [0.3, 0.4) is 0 Å². The fourth-order valence-corrected chi connectivity index (χ4v) is 2.85. The molecule has 2 N–H and O–H groups in total. The highest BCUT2D eigenvalue weighted by Gasteiger charge is 2.29. The lowest BCUT2D eigenvalue weighted by Gasteiger charge is -2.14. The lowest BCUT2D eigenvalue weighted by Crippen LogP contribution is -2.23. The predicted octanol–water partition coefficient (Wildman–Crippen LogP) is 2.31. The number of ether oxygens (including phenoxy) is 2. The van der Waals surface area contributed by atoms with Gasteiger partial charge in [-0.3, -0.25) is 0 Å². The van der Waals surface area contributed by atoms with Gasteiger partial charge in [-0.05, 0) is 22.3 Å². The second-order valence-corrected chi connectivity index (χ2v) is 5.44. The summed E-state index contributed by atoms with van der Waals surface area (Å²) >= 11 is 0. The molecule has 0 aliphatic heterocycles. The maximum Gasteiger partial charge on any atom is 0.508 e. The quantitative estimate of drug-likeness (QED) is 0.828. The summed E-state index contributed by atoms with van der Waals surface area (Å²) in [5, 5.41) is 17.9. The Morgan fingerprint density at radius 2 is 1.57 bits per heavy atom. The predicted molar refractivity (Wildman–Crippen MR) is 84.1 cm³/mol. The SMILES string of the molecule is O=C(OCC(O)CO)OCC1c2ccccc2-c2ccccc21. The van der Waals surface area contributed by atoms with Crippen molar-refractivity contribution in [2.45, 2.75) is 12.0 Å². The van der Waals surface area contributed by atoms with Gasteiger partial charge < -0.3 is 19.7 Å². The van der Waals surface area contributed by atoms with Crippen LogP contribution < -0.4 is 0 Å². The van der Waals surface area contributed by atoms with Crippen molar-refractivity contribution in [2.24, 2.45) is 0 Å². The van der Waals surface area contributed by atoms with Crippen LogP contribution in [0.5, 0.6) is 0 Å². The lowest BCUT2D eigenvalue weighted by atomic mass is 9.98. The topological polar surface area (TPSA) is 76.0 Å². The molecule has 5 nitrogen and oxygen atoms in total. The number of aliphatic hydroxyl groups excluding tert-OH is 2. The minimum Gasteiger partial charge on any atom is -0.433 e. The van der Waals surface area contributed by atoms with Crippen molar-refractivity contribution in [3.63, 3.8) is 0 Å². The summed E-state index contributed by atoms with van der Waals surface area (Å²) in [6.45, 7) is -0.577. The van der Waals surface area contributed by atoms with Gasteiger partial charge in [0.2, 0.25) is 0 Å². The minimum absolute atomic E-state index is 0.0299. The van der Waals surface area contributed by atoms with Crippen LogP contribution in [0, 0.1) is 0 Å². The molecule has 3 rings (SSSR count). The summed E-state index contributed by atoms with van der Waals surface area (Å²) < 4.78 is 9.94. The van der Waals surface area contributed by atoms with Crippen molar-refractivity contribution in [2.75, 3.05) is 19.8 Å². The first-order valence-corrected chi connectivity index (χ1v) is 7.47. The van der Waals surface area contributed by atoms with Crippen LogP contribution in [-0.2, 0) is 9.47 Å². The Labute approximate surface area is 134 Å². The van der Waals surface area contributed by atoms with E-state index in [0.29, 0.717) is 0 Å². The van der Waals surface area contributed by atoms with E-state index >= 15 is 0 Å². The number of aliphatic hydroxyl groups is 2. The zero-order valence-corrected chi connectivity index (χ0v) is 12.5. The lowest BCUT2D eigenvalue weighted by molar-refractivity contribution is 0.0000694. The molecule has 0 fully saturated rings. The summed E-state index contributed by atoms with van der Waals surface area (Å²) in [4.78, 5) is 11.6. The molecule has 120 valence electrons. The first kappa shape index (κ1) is 15.5. The molecule has 1 atom stereocenters. The average Bonchev–Trinajstić information content (AvgIpc) is 2.92. The van der Waals surface area contributed by atoms with E-state index in [1.165, 1.54) is 0 Å². The van der Waals surface area contributed by atoms with Gasteiger partial charge in [0.15, 0.2) is 0 Å². The highest BCUT2D eigenvalue weighted by atomic mass is 16.7. The summed E-state index contributed by atoms with van der Waals surface area (Å²) in [6.07, 6.45) is -1.94. The molecule has 0 saturated heterocycles. The van der Waals surface area contributed by atoms with Gasteiger partial charge in [0.25, 0.3) is 0 Å². The van der Waals surface area contributed by atoms with Crippen molar-refractivity contribution in [1.82, 2.24) is 0 Å². The first-order chi connectivity index (χ1) is 11.2. The highest BCUT2D eigenvalue weighted by Crippen LogP contribution is 2.44. The molecule has 2 aromatic rings. The van der Waals surface area contributed by atoms with Gasteiger partial charge in [-0.2, -0.15) is 0 Å². The Morgan fingerprint density at radius 3 is 2.13 bits per heavy atom. The second-order valence-electron chi connectivity index (χ2n) is 5.44. The van der Waals surface area contributed by atoms with Crippen LogP contribution in [0.4, 0.5) is 4.79 Å². The fraction of sp³-hybridized carbons (Fsp3) is 0.278. The van der Waals surface area contributed by atoms with Crippen molar-refractivity contribution in [3.05, 3.63) is 59.7 Å². The summed E-state index contributed by atoms with van der Waals surface area (Å²) in [5.74, 6) is -0.0299. The van der Waals surface area contributed by atoms with E-state index in [9.17, 15) is 4.79 Å².